The van der Waals surface area contributed by atoms with Crippen LogP contribution in [0.5, 0.6) is 0 Å². The number of likely N-dealkylation sites (N-methyl/N-ethyl adjacent to an activating group) is 1. The lowest BCUT2D eigenvalue weighted by Crippen LogP contribution is -2.41. The molecule has 2 aromatic rings. The van der Waals surface area contributed by atoms with Crippen molar-refractivity contribution in [3.8, 4) is 0 Å². The maximum atomic E-state index is 13.2. The fourth-order valence-corrected chi connectivity index (χ4v) is 5.01. The molecule has 0 N–H and O–H groups in total. The van der Waals surface area contributed by atoms with E-state index in [0.717, 1.165) is 34.7 Å². The Labute approximate surface area is 158 Å². The van der Waals surface area contributed by atoms with E-state index in [1.807, 2.05) is 19.0 Å². The van der Waals surface area contributed by atoms with Gasteiger partial charge in [0, 0.05) is 23.9 Å². The molecule has 0 saturated heterocycles. The highest BCUT2D eigenvalue weighted by Crippen LogP contribution is 2.35. The summed E-state index contributed by atoms with van der Waals surface area (Å²) in [4.78, 5) is 23.3. The van der Waals surface area contributed by atoms with Gasteiger partial charge in [0.05, 0.1) is 10.2 Å². The van der Waals surface area contributed by atoms with Crippen LogP contribution in [0.3, 0.4) is 0 Å². The lowest BCUT2D eigenvalue weighted by atomic mass is 9.88. The Bertz CT molecular complexity index is 723. The van der Waals surface area contributed by atoms with Crippen molar-refractivity contribution in [3.05, 3.63) is 18.2 Å². The van der Waals surface area contributed by atoms with E-state index in [2.05, 4.69) is 29.4 Å². The summed E-state index contributed by atoms with van der Waals surface area (Å²) in [5.41, 5.74) is 1.03. The molecule has 0 atom stereocenters. The van der Waals surface area contributed by atoms with Crippen LogP contribution < -0.4 is 4.90 Å². The number of para-hydroxylation sites is 1. The van der Waals surface area contributed by atoms with Gasteiger partial charge in [-0.05, 0) is 45.3 Å². The Kier molecular flexibility index (Phi) is 6.36. The molecule has 4 nitrogen and oxygen atoms in total. The van der Waals surface area contributed by atoms with Crippen LogP contribution in [-0.2, 0) is 4.79 Å². The minimum atomic E-state index is 0.169. The number of thioether (sulfide) groups is 1. The minimum Gasteiger partial charge on any atom is -0.308 e. The maximum Gasteiger partial charge on any atom is 0.231 e. The quantitative estimate of drug-likeness (QED) is 0.695. The SMILES string of the molecule is CSc1cccc2sc(N(CCN(C)C)C(=O)C3CCCCC3)nc12. The highest BCUT2D eigenvalue weighted by Gasteiger charge is 2.28. The van der Waals surface area contributed by atoms with E-state index in [4.69, 9.17) is 4.98 Å². The van der Waals surface area contributed by atoms with Gasteiger partial charge in [-0.3, -0.25) is 9.69 Å². The lowest BCUT2D eigenvalue weighted by Gasteiger charge is -2.28. The number of hydrogen-bond acceptors (Lipinski definition) is 5. The monoisotopic (exact) mass is 377 g/mol. The highest BCUT2D eigenvalue weighted by molar-refractivity contribution is 7.98. The van der Waals surface area contributed by atoms with Gasteiger partial charge in [0.1, 0.15) is 0 Å². The van der Waals surface area contributed by atoms with Gasteiger partial charge in [0.15, 0.2) is 5.13 Å². The van der Waals surface area contributed by atoms with E-state index in [9.17, 15) is 4.79 Å². The molecule has 0 bridgehead atoms. The number of nitrogens with zero attached hydrogens (tertiary/aromatic N) is 3. The normalized spacial score (nSPS) is 15.8. The van der Waals surface area contributed by atoms with E-state index < -0.39 is 0 Å². The number of carbonyl (C=O) groups excluding carboxylic acids is 1. The lowest BCUT2D eigenvalue weighted by molar-refractivity contribution is -0.123. The number of aromatic nitrogens is 1. The van der Waals surface area contributed by atoms with Crippen LogP contribution in [0.2, 0.25) is 0 Å². The van der Waals surface area contributed by atoms with Crippen molar-refractivity contribution in [2.24, 2.45) is 5.92 Å². The second-order valence-corrected chi connectivity index (χ2v) is 8.79. The molecule has 1 aliphatic rings. The molecule has 6 heteroatoms. The van der Waals surface area contributed by atoms with E-state index in [1.165, 1.54) is 24.2 Å². The van der Waals surface area contributed by atoms with Crippen molar-refractivity contribution in [2.75, 3.05) is 38.3 Å². The van der Waals surface area contributed by atoms with Crippen molar-refractivity contribution in [1.82, 2.24) is 9.88 Å². The fraction of sp³-hybridized carbons (Fsp3) is 0.579. The van der Waals surface area contributed by atoms with Gasteiger partial charge in [-0.15, -0.1) is 11.8 Å². The van der Waals surface area contributed by atoms with Crippen LogP contribution in [0.4, 0.5) is 5.13 Å². The van der Waals surface area contributed by atoms with Crippen molar-refractivity contribution in [2.45, 2.75) is 37.0 Å². The predicted octanol–water partition coefficient (Wildman–Crippen LogP) is 4.49. The summed E-state index contributed by atoms with van der Waals surface area (Å²) in [6, 6.07) is 6.28. The Hall–Kier alpha value is -1.11. The number of rotatable bonds is 6. The third-order valence-electron chi connectivity index (χ3n) is 4.81. The van der Waals surface area contributed by atoms with E-state index >= 15 is 0 Å². The van der Waals surface area contributed by atoms with Crippen LogP contribution in [0.25, 0.3) is 10.2 Å². The molecule has 1 aromatic heterocycles. The first-order chi connectivity index (χ1) is 12.1. The number of thiazole rings is 1. The largest absolute Gasteiger partial charge is 0.308 e. The molecule has 1 heterocycles. The van der Waals surface area contributed by atoms with Gasteiger partial charge >= 0.3 is 0 Å². The van der Waals surface area contributed by atoms with Crippen LogP contribution in [0.15, 0.2) is 23.1 Å². The van der Waals surface area contributed by atoms with Crippen molar-refractivity contribution in [1.29, 1.82) is 0 Å². The summed E-state index contributed by atoms with van der Waals surface area (Å²) < 4.78 is 1.16. The van der Waals surface area contributed by atoms with Crippen LogP contribution in [-0.4, -0.2) is 49.2 Å². The Morgan fingerprint density at radius 3 is 2.68 bits per heavy atom. The molecule has 3 rings (SSSR count). The Morgan fingerprint density at radius 2 is 2.00 bits per heavy atom. The van der Waals surface area contributed by atoms with Crippen LogP contribution in [0, 0.1) is 5.92 Å². The number of hydrogen-bond donors (Lipinski definition) is 0. The van der Waals surface area contributed by atoms with Crippen LogP contribution >= 0.6 is 23.1 Å². The molecule has 0 spiro atoms. The molecule has 0 aliphatic heterocycles. The molecular formula is C19H27N3OS2. The summed E-state index contributed by atoms with van der Waals surface area (Å²) in [6.07, 6.45) is 7.74. The highest BCUT2D eigenvalue weighted by atomic mass is 32.2. The first kappa shape index (κ1) is 18.7. The third kappa shape index (κ3) is 4.36. The third-order valence-corrected chi connectivity index (χ3v) is 6.63. The molecule has 0 radical (unpaired) electrons. The summed E-state index contributed by atoms with van der Waals surface area (Å²) in [5.74, 6) is 0.439. The summed E-state index contributed by atoms with van der Waals surface area (Å²) >= 11 is 3.35. The first-order valence-corrected chi connectivity index (χ1v) is 11.0. The van der Waals surface area contributed by atoms with E-state index in [1.54, 1.807) is 23.1 Å². The molecular weight excluding hydrogens is 350 g/mol. The van der Waals surface area contributed by atoms with E-state index in [-0.39, 0.29) is 11.8 Å². The molecule has 1 saturated carbocycles. The molecule has 25 heavy (non-hydrogen) atoms. The number of carbonyl (C=O) groups is 1. The first-order valence-electron chi connectivity index (χ1n) is 9.00. The van der Waals surface area contributed by atoms with Gasteiger partial charge in [-0.25, -0.2) is 4.98 Å². The zero-order valence-electron chi connectivity index (χ0n) is 15.3. The van der Waals surface area contributed by atoms with E-state index in [0.29, 0.717) is 6.54 Å². The number of benzene rings is 1. The van der Waals surface area contributed by atoms with Gasteiger partial charge in [0.25, 0.3) is 0 Å². The summed E-state index contributed by atoms with van der Waals surface area (Å²) in [5, 5.41) is 0.855. The van der Waals surface area contributed by atoms with Crippen molar-refractivity contribution < 1.29 is 4.79 Å². The van der Waals surface area contributed by atoms with Gasteiger partial charge < -0.3 is 4.90 Å². The molecule has 1 aromatic carbocycles. The smallest absolute Gasteiger partial charge is 0.231 e. The van der Waals surface area contributed by atoms with Gasteiger partial charge in [-0.1, -0.05) is 36.7 Å². The predicted molar refractivity (Wildman–Crippen MR) is 109 cm³/mol. The number of anilines is 1. The zero-order valence-corrected chi connectivity index (χ0v) is 17.0. The number of amides is 1. The average molecular weight is 378 g/mol. The molecule has 1 fully saturated rings. The molecule has 136 valence electrons. The second kappa shape index (κ2) is 8.52. The second-order valence-electron chi connectivity index (χ2n) is 6.93. The minimum absolute atomic E-state index is 0.169. The Morgan fingerprint density at radius 1 is 1.24 bits per heavy atom. The summed E-state index contributed by atoms with van der Waals surface area (Å²) in [6.45, 7) is 1.56. The zero-order chi connectivity index (χ0) is 17.8. The maximum absolute atomic E-state index is 13.2. The molecule has 0 unspecified atom stereocenters. The van der Waals surface area contributed by atoms with Crippen molar-refractivity contribution in [3.63, 3.8) is 0 Å². The standard InChI is InChI=1S/C19H27N3OS2/c1-21(2)12-13-22(18(23)14-8-5-4-6-9-14)19-20-17-15(24-3)10-7-11-16(17)25-19/h7,10-11,14H,4-6,8-9,12-13H2,1-3H3. The van der Waals surface area contributed by atoms with Gasteiger partial charge in [-0.2, -0.15) is 0 Å². The summed E-state index contributed by atoms with van der Waals surface area (Å²) in [7, 11) is 4.10. The Balaban J connectivity index is 1.91. The van der Waals surface area contributed by atoms with Crippen LogP contribution in [0.1, 0.15) is 32.1 Å². The number of fused-ring (bicyclic) bond motifs is 1. The average Bonchev–Trinajstić information content (AvgIpc) is 3.06. The van der Waals surface area contributed by atoms with Gasteiger partial charge in [0.2, 0.25) is 5.91 Å². The van der Waals surface area contributed by atoms with Crippen molar-refractivity contribution >= 4 is 44.4 Å². The molecule has 1 aliphatic carbocycles. The fourth-order valence-electron chi connectivity index (χ4n) is 3.36. The molecule has 1 amide bonds. The topological polar surface area (TPSA) is 36.4 Å².